The van der Waals surface area contributed by atoms with Gasteiger partial charge >= 0.3 is 0 Å². The highest BCUT2D eigenvalue weighted by molar-refractivity contribution is 6.67. The van der Waals surface area contributed by atoms with E-state index in [9.17, 15) is 32.7 Å². The second kappa shape index (κ2) is 38.4. The molecule has 14 rings (SSSR count). The topological polar surface area (TPSA) is 301 Å². The van der Waals surface area contributed by atoms with Crippen LogP contribution in [0.25, 0.3) is 66.9 Å². The Kier molecular flexibility index (Phi) is 28.0. The molecule has 0 saturated carbocycles. The molecule has 2 fully saturated rings. The number of rotatable bonds is 18. The molecule has 0 atom stereocenters. The quantitative estimate of drug-likeness (QED) is 0.0343. The lowest BCUT2D eigenvalue weighted by molar-refractivity contribution is 0.0939. The lowest BCUT2D eigenvalue weighted by Gasteiger charge is -2.31. The normalized spacial score (nSPS) is 12.8. The number of carbonyl (C=O) groups is 3. The van der Waals surface area contributed by atoms with Gasteiger partial charge in [-0.05, 0) is 214 Å². The average Bonchev–Trinajstić information content (AvgIpc) is 0.811. The maximum Gasteiger partial charge on any atom is 0.252 e. The van der Waals surface area contributed by atoms with Crippen LogP contribution < -0.4 is 40.8 Å². The summed E-state index contributed by atoms with van der Waals surface area (Å²) in [7, 11) is 0. The number of nitrogens with zero attached hydrogens (tertiary/aromatic N) is 10. The number of aromatic nitrogens is 9. The summed E-state index contributed by atoms with van der Waals surface area (Å²) in [6, 6.07) is 43.4. The van der Waals surface area contributed by atoms with Crippen LogP contribution in [0, 0.1) is 17.5 Å². The molecule has 0 aliphatic carbocycles. The molecule has 0 bridgehead atoms. The molecule has 22 nitrogen and oxygen atoms in total. The summed E-state index contributed by atoms with van der Waals surface area (Å²) < 4.78 is 56.0. The molecule has 104 heavy (non-hydrogen) atoms. The summed E-state index contributed by atoms with van der Waals surface area (Å²) in [5.41, 5.74) is 13.2. The van der Waals surface area contributed by atoms with Gasteiger partial charge in [-0.25, -0.2) is 43.1 Å². The van der Waals surface area contributed by atoms with Gasteiger partial charge in [-0.3, -0.25) is 29.3 Å². The zero-order chi connectivity index (χ0) is 73.2. The maximum absolute atomic E-state index is 13.6. The first kappa shape index (κ1) is 75.8. The highest BCUT2D eigenvalue weighted by Gasteiger charge is 2.24. The van der Waals surface area contributed by atoms with Gasteiger partial charge in [0, 0.05) is 71.6 Å². The Labute approximate surface area is 610 Å². The van der Waals surface area contributed by atoms with Crippen molar-refractivity contribution in [1.29, 1.82) is 0 Å². The number of carbonyl (C=O) groups excluding carboxylic acids is 3. The number of nitrogens with two attached hydrogens (primary N) is 1. The Hall–Kier alpha value is -10.9. The third-order valence-corrected chi connectivity index (χ3v) is 16.4. The summed E-state index contributed by atoms with van der Waals surface area (Å²) in [4.78, 5) is 77.5. The van der Waals surface area contributed by atoms with Crippen molar-refractivity contribution in [2.75, 3.05) is 70.5 Å². The zero-order valence-electron chi connectivity index (χ0n) is 55.8. The van der Waals surface area contributed by atoms with Crippen LogP contribution in [0.1, 0.15) is 56.8 Å². The van der Waals surface area contributed by atoms with E-state index in [1.165, 1.54) is 36.4 Å². The fraction of sp³-hybridized carbons (Fsp3) is 0.211. The largest absolute Gasteiger partial charge is 0.491 e. The summed E-state index contributed by atoms with van der Waals surface area (Å²) in [6.45, 7) is 5.65. The molecule has 8 heterocycles. The van der Waals surface area contributed by atoms with Crippen molar-refractivity contribution in [3.63, 3.8) is 0 Å². The minimum Gasteiger partial charge on any atom is -0.491 e. The van der Waals surface area contributed by atoms with E-state index in [1.54, 1.807) is 152 Å². The van der Waals surface area contributed by atoms with Gasteiger partial charge in [-0.2, -0.15) is 0 Å². The smallest absolute Gasteiger partial charge is 0.252 e. The number of piperidine rings is 2. The molecule has 0 spiro atoms. The minimum absolute atomic E-state index is 0.0266. The number of anilines is 1. The molecule has 2 aliphatic rings. The number of fused-ring (bicyclic) bond motifs is 3. The van der Waals surface area contributed by atoms with Gasteiger partial charge in [-0.1, -0.05) is 23.2 Å². The van der Waals surface area contributed by atoms with E-state index in [1.807, 2.05) is 12.1 Å². The van der Waals surface area contributed by atoms with Gasteiger partial charge in [0.25, 0.3) is 17.1 Å². The van der Waals surface area contributed by atoms with Gasteiger partial charge < -0.3 is 51.0 Å². The monoisotopic (exact) mass is 1470 g/mol. The predicted molar refractivity (Wildman–Crippen MR) is 393 cm³/mol. The number of benzene rings is 6. The van der Waals surface area contributed by atoms with Gasteiger partial charge in [0.05, 0.1) is 77.0 Å². The Balaban J connectivity index is 0.000000153. The van der Waals surface area contributed by atoms with E-state index in [0.717, 1.165) is 37.2 Å². The van der Waals surface area contributed by atoms with Gasteiger partial charge in [0.2, 0.25) is 0 Å². The van der Waals surface area contributed by atoms with Crippen LogP contribution in [-0.4, -0.2) is 150 Å². The molecule has 12 aromatic rings. The number of pyridine rings is 3. The Morgan fingerprint density at radius 3 is 1.24 bits per heavy atom. The summed E-state index contributed by atoms with van der Waals surface area (Å²) in [5, 5.41) is 27.4. The number of hydrogen-bond acceptors (Lipinski definition) is 20. The SMILES string of the molecule is NCCOc1cccnc1.O=C(Cl)c1ccc2nc(Cl)c(-c3ccc(F)cc3)nc2c1.O=C(NCCOc1cccnc1)c1ccc2nc(Cl)c(-c3ccc(F)cc3)nc2c1.O=C(NCCOc1cccnc1)c1ccc2nc(N3CCC(O)CC3)c(-c3ccc(F)cc3)nc2c1.OC1CCNCC1. The van der Waals surface area contributed by atoms with E-state index in [-0.39, 0.29) is 51.8 Å². The van der Waals surface area contributed by atoms with E-state index >= 15 is 0 Å². The molecular weight excluding hydrogens is 1400 g/mol. The second-order valence-electron chi connectivity index (χ2n) is 23.1. The number of ether oxygens (including phenoxy) is 3. The van der Waals surface area contributed by atoms with Crippen molar-refractivity contribution < 1.29 is 52.0 Å². The van der Waals surface area contributed by atoms with Crippen molar-refractivity contribution in [2.24, 2.45) is 5.73 Å². The van der Waals surface area contributed by atoms with Crippen molar-refractivity contribution in [3.8, 4) is 51.0 Å². The number of aliphatic hydroxyl groups is 2. The standard InChI is InChI=1S/C27H26FN5O3.C22H16ClFN4O2.C15H7Cl2FN2O.C7H10N2O.C5H11NO/c28-20-6-3-18(4-7-20)25-26(33-13-9-21(34)10-14-33)32-23-8-5-19(16-24(23)31-25)27(35)30-12-15-36-22-2-1-11-29-17-22;23-21-20(14-3-6-16(24)7-4-14)27-19-12-15(5-8-18(19)28-21)22(29)26-10-11-30-17-2-1-9-25-13-17;16-14-13(8-1-4-10(18)5-2-8)19-12-7-9(15(17)21)3-6-11(12)20-14;8-3-5-10-7-2-1-4-9-6-7;7-5-1-3-6-4-2-5/h1-8,11,16-17,21,34H,9-10,12-15H2,(H,30,35);1-9,12-13H,10-11H2,(H,26,29);1-7H;1-2,4,6H,3,5,8H2;5-7H,1-4H2. The first-order chi connectivity index (χ1) is 50.5. The maximum atomic E-state index is 13.6. The minimum atomic E-state index is -0.572. The van der Waals surface area contributed by atoms with Crippen LogP contribution >= 0.6 is 34.8 Å². The molecule has 2 amide bonds. The summed E-state index contributed by atoms with van der Waals surface area (Å²) in [5.74, 6) is 1.20. The molecule has 0 unspecified atom stereocenters. The van der Waals surface area contributed by atoms with Crippen LogP contribution in [0.2, 0.25) is 10.3 Å². The molecule has 6 aromatic carbocycles. The van der Waals surface area contributed by atoms with E-state index in [2.05, 4.69) is 55.7 Å². The second-order valence-corrected chi connectivity index (χ2v) is 24.2. The Morgan fingerprint density at radius 1 is 0.481 bits per heavy atom. The number of hydrogen-bond donors (Lipinski definition) is 6. The average molecular weight is 1470 g/mol. The van der Waals surface area contributed by atoms with Crippen molar-refractivity contribution >= 4 is 90.8 Å². The molecular formula is C76H70Cl3F3N14O8. The number of aliphatic hydroxyl groups excluding tert-OH is 2. The highest BCUT2D eigenvalue weighted by atomic mass is 35.5. The third kappa shape index (κ3) is 22.3. The van der Waals surface area contributed by atoms with Crippen LogP contribution in [0.5, 0.6) is 17.2 Å². The highest BCUT2D eigenvalue weighted by Crippen LogP contribution is 2.33. The molecule has 28 heteroatoms. The molecule has 0 radical (unpaired) electrons. The fourth-order valence-corrected chi connectivity index (χ4v) is 11.0. The van der Waals surface area contributed by atoms with Crippen molar-refractivity contribution in [3.05, 3.63) is 245 Å². The van der Waals surface area contributed by atoms with Crippen molar-refractivity contribution in [1.82, 2.24) is 60.8 Å². The number of amides is 2. The Bertz CT molecular complexity index is 4800. The van der Waals surface area contributed by atoms with E-state index in [0.29, 0.717) is 161 Å². The van der Waals surface area contributed by atoms with Crippen LogP contribution in [0.4, 0.5) is 19.0 Å². The fourth-order valence-electron chi connectivity index (χ4n) is 10.3. The van der Waals surface area contributed by atoms with Gasteiger partial charge in [0.1, 0.15) is 71.6 Å². The predicted octanol–water partition coefficient (Wildman–Crippen LogP) is 12.5. The van der Waals surface area contributed by atoms with Crippen LogP contribution in [0.15, 0.2) is 201 Å². The van der Waals surface area contributed by atoms with Gasteiger partial charge in [0.15, 0.2) is 16.1 Å². The molecule has 534 valence electrons. The lowest BCUT2D eigenvalue weighted by atomic mass is 10.1. The van der Waals surface area contributed by atoms with Crippen LogP contribution in [0.3, 0.4) is 0 Å². The summed E-state index contributed by atoms with van der Waals surface area (Å²) >= 11 is 17.8. The number of nitrogens with one attached hydrogen (secondary N) is 3. The summed E-state index contributed by atoms with van der Waals surface area (Å²) in [6.07, 6.45) is 12.7. The first-order valence-corrected chi connectivity index (χ1v) is 34.1. The Morgan fingerprint density at radius 2 is 0.856 bits per heavy atom. The van der Waals surface area contributed by atoms with Gasteiger partial charge in [-0.15, -0.1) is 0 Å². The van der Waals surface area contributed by atoms with Crippen molar-refractivity contribution in [2.45, 2.75) is 37.9 Å². The van der Waals surface area contributed by atoms with E-state index < -0.39 is 5.24 Å². The molecule has 6 aromatic heterocycles. The first-order valence-electron chi connectivity index (χ1n) is 32.9. The lowest BCUT2D eigenvalue weighted by Crippen LogP contribution is -2.36. The third-order valence-electron chi connectivity index (χ3n) is 15.7. The number of halogens is 6. The molecule has 2 aliphatic heterocycles. The van der Waals surface area contributed by atoms with E-state index in [4.69, 9.17) is 69.8 Å². The zero-order valence-corrected chi connectivity index (χ0v) is 58.0. The molecule has 2 saturated heterocycles. The molecule has 7 N–H and O–H groups in total. The van der Waals surface area contributed by atoms with Crippen LogP contribution in [-0.2, 0) is 0 Å².